The van der Waals surface area contributed by atoms with E-state index in [1.54, 1.807) is 11.3 Å². The highest BCUT2D eigenvalue weighted by molar-refractivity contribution is 9.11. The topological polar surface area (TPSA) is 12.0 Å². The highest BCUT2D eigenvalue weighted by Gasteiger charge is 2.14. The van der Waals surface area contributed by atoms with Crippen molar-refractivity contribution >= 4 is 54.8 Å². The molecule has 5 heteroatoms. The Bertz CT molecular complexity index is 551. The summed E-state index contributed by atoms with van der Waals surface area (Å²) in [5, 5.41) is 3.62. The first-order chi connectivity index (χ1) is 9.58. The molecule has 1 N–H and O–H groups in total. The van der Waals surface area contributed by atoms with Gasteiger partial charge in [0.2, 0.25) is 0 Å². The molecule has 0 bridgehead atoms. The molecule has 1 aromatic carbocycles. The molecule has 0 radical (unpaired) electrons. The number of benzene rings is 1. The lowest BCUT2D eigenvalue weighted by Crippen LogP contribution is -2.23. The zero-order valence-corrected chi connectivity index (χ0v) is 15.9. The van der Waals surface area contributed by atoms with Gasteiger partial charge in [-0.2, -0.15) is 0 Å². The number of nitrogens with one attached hydrogen (secondary N) is 1. The largest absolute Gasteiger partial charge is 0.310 e. The zero-order valence-electron chi connectivity index (χ0n) is 11.1. The molecule has 0 spiro atoms. The molecule has 1 aromatic heterocycles. The van der Waals surface area contributed by atoms with E-state index in [1.165, 1.54) is 10.4 Å². The summed E-state index contributed by atoms with van der Waals surface area (Å²) in [4.78, 5) is 1.31. The average Bonchev–Trinajstić information content (AvgIpc) is 2.79. The number of hydrogen-bond acceptors (Lipinski definition) is 2. The summed E-state index contributed by atoms with van der Waals surface area (Å²) in [6.45, 7) is 3.19. The second-order valence-electron chi connectivity index (χ2n) is 4.62. The Kier molecular flexibility index (Phi) is 6.56. The molecule has 108 valence electrons. The highest BCUT2D eigenvalue weighted by Crippen LogP contribution is 2.29. The molecule has 2 rings (SSSR count). The Morgan fingerprint density at radius 2 is 1.90 bits per heavy atom. The van der Waals surface area contributed by atoms with Crippen LogP contribution in [0.25, 0.3) is 0 Å². The molecule has 2 aromatic rings. The molecular weight excluding hydrogens is 422 g/mol. The van der Waals surface area contributed by atoms with Crippen LogP contribution in [0, 0.1) is 0 Å². The average molecular weight is 438 g/mol. The van der Waals surface area contributed by atoms with Gasteiger partial charge in [-0.3, -0.25) is 0 Å². The second kappa shape index (κ2) is 7.95. The molecule has 1 unspecified atom stereocenters. The maximum absolute atomic E-state index is 6.03. The molecular formula is C15H16Br2ClNS. The molecule has 0 saturated carbocycles. The van der Waals surface area contributed by atoms with E-state index in [0.717, 1.165) is 32.7 Å². The Labute approximate surface area is 146 Å². The van der Waals surface area contributed by atoms with E-state index in [1.807, 2.05) is 6.07 Å². The number of rotatable bonds is 6. The zero-order chi connectivity index (χ0) is 14.5. The van der Waals surface area contributed by atoms with Crippen molar-refractivity contribution in [2.24, 2.45) is 0 Å². The number of hydrogen-bond donors (Lipinski definition) is 1. The smallest absolute Gasteiger partial charge is 0.0931 e. The van der Waals surface area contributed by atoms with E-state index in [9.17, 15) is 0 Å². The summed E-state index contributed by atoms with van der Waals surface area (Å²) in [6.07, 6.45) is 2.08. The van der Waals surface area contributed by atoms with Crippen LogP contribution in [0.3, 0.4) is 0 Å². The van der Waals surface area contributed by atoms with Gasteiger partial charge in [0.1, 0.15) is 0 Å². The van der Waals surface area contributed by atoms with Gasteiger partial charge in [-0.1, -0.05) is 50.4 Å². The normalized spacial score (nSPS) is 12.6. The minimum Gasteiger partial charge on any atom is -0.310 e. The van der Waals surface area contributed by atoms with Crippen LogP contribution in [0.15, 0.2) is 39.3 Å². The van der Waals surface area contributed by atoms with Crippen LogP contribution >= 0.6 is 54.8 Å². The number of thiophene rings is 1. The predicted octanol–water partition coefficient (Wildman–Crippen LogP) is 6.21. The van der Waals surface area contributed by atoms with Gasteiger partial charge in [-0.25, -0.2) is 0 Å². The van der Waals surface area contributed by atoms with Crippen LogP contribution < -0.4 is 5.32 Å². The summed E-state index contributed by atoms with van der Waals surface area (Å²) < 4.78 is 3.04. The third-order valence-corrected chi connectivity index (χ3v) is 5.13. The lowest BCUT2D eigenvalue weighted by Gasteiger charge is -2.19. The fourth-order valence-electron chi connectivity index (χ4n) is 2.07. The molecule has 0 aliphatic carbocycles. The molecule has 0 saturated heterocycles. The first kappa shape index (κ1) is 16.5. The third kappa shape index (κ3) is 4.85. The maximum atomic E-state index is 6.03. The predicted molar refractivity (Wildman–Crippen MR) is 95.9 cm³/mol. The van der Waals surface area contributed by atoms with E-state index in [2.05, 4.69) is 68.4 Å². The Hall–Kier alpha value is 0.130. The summed E-state index contributed by atoms with van der Waals surface area (Å²) in [5.41, 5.74) is 1.28. The first-order valence-corrected chi connectivity index (χ1v) is 9.30. The van der Waals surface area contributed by atoms with Crippen LogP contribution in [0.2, 0.25) is 4.34 Å². The van der Waals surface area contributed by atoms with E-state index in [-0.39, 0.29) is 0 Å². The maximum Gasteiger partial charge on any atom is 0.0931 e. The summed E-state index contributed by atoms with van der Waals surface area (Å²) >= 11 is 14.8. The van der Waals surface area contributed by atoms with Crippen molar-refractivity contribution in [3.05, 3.63) is 54.1 Å². The van der Waals surface area contributed by atoms with E-state index >= 15 is 0 Å². The van der Waals surface area contributed by atoms with Crippen molar-refractivity contribution in [3.63, 3.8) is 0 Å². The minimum absolute atomic E-state index is 0.304. The van der Waals surface area contributed by atoms with Crippen molar-refractivity contribution in [2.45, 2.75) is 25.8 Å². The van der Waals surface area contributed by atoms with Crippen molar-refractivity contribution in [2.75, 3.05) is 6.54 Å². The summed E-state index contributed by atoms with van der Waals surface area (Å²) in [6, 6.07) is 10.8. The van der Waals surface area contributed by atoms with Crippen molar-refractivity contribution < 1.29 is 0 Å². The Morgan fingerprint density at radius 3 is 2.45 bits per heavy atom. The Morgan fingerprint density at radius 1 is 1.20 bits per heavy atom. The van der Waals surface area contributed by atoms with Gasteiger partial charge in [0, 0.05) is 26.3 Å². The first-order valence-electron chi connectivity index (χ1n) is 6.52. The fraction of sp³-hybridized carbons (Fsp3) is 0.333. The van der Waals surface area contributed by atoms with Crippen LogP contribution in [0.1, 0.15) is 29.8 Å². The van der Waals surface area contributed by atoms with Gasteiger partial charge in [0.15, 0.2) is 0 Å². The van der Waals surface area contributed by atoms with Crippen LogP contribution in [-0.2, 0) is 6.42 Å². The summed E-state index contributed by atoms with van der Waals surface area (Å²) in [7, 11) is 0. The van der Waals surface area contributed by atoms with E-state index in [4.69, 9.17) is 11.6 Å². The van der Waals surface area contributed by atoms with Crippen LogP contribution in [-0.4, -0.2) is 6.54 Å². The monoisotopic (exact) mass is 435 g/mol. The van der Waals surface area contributed by atoms with E-state index in [0.29, 0.717) is 6.04 Å². The van der Waals surface area contributed by atoms with Gasteiger partial charge in [-0.15, -0.1) is 11.3 Å². The lowest BCUT2D eigenvalue weighted by atomic mass is 10.0. The third-order valence-electron chi connectivity index (χ3n) is 2.96. The SMILES string of the molecule is CCCNC(Cc1ccc(Cl)s1)c1cc(Br)cc(Br)c1. The van der Waals surface area contributed by atoms with Gasteiger partial charge in [0.05, 0.1) is 4.34 Å². The van der Waals surface area contributed by atoms with Gasteiger partial charge >= 0.3 is 0 Å². The Balaban J connectivity index is 2.21. The standard InChI is InChI=1S/C15H16Br2ClNS/c1-2-5-19-14(9-13-3-4-15(18)20-13)10-6-11(16)8-12(17)7-10/h3-4,6-8,14,19H,2,5,9H2,1H3. The molecule has 0 amide bonds. The van der Waals surface area contributed by atoms with Gasteiger partial charge in [0.25, 0.3) is 0 Å². The fourth-order valence-corrected chi connectivity index (χ4v) is 4.53. The number of halogens is 3. The molecule has 1 heterocycles. The quantitative estimate of drug-likeness (QED) is 0.566. The minimum atomic E-state index is 0.304. The molecule has 1 atom stereocenters. The highest BCUT2D eigenvalue weighted by atomic mass is 79.9. The van der Waals surface area contributed by atoms with Crippen molar-refractivity contribution in [1.29, 1.82) is 0 Å². The van der Waals surface area contributed by atoms with Crippen LogP contribution in [0.5, 0.6) is 0 Å². The van der Waals surface area contributed by atoms with Gasteiger partial charge < -0.3 is 5.32 Å². The van der Waals surface area contributed by atoms with Crippen molar-refractivity contribution in [1.82, 2.24) is 5.32 Å². The molecule has 20 heavy (non-hydrogen) atoms. The van der Waals surface area contributed by atoms with Crippen LogP contribution in [0.4, 0.5) is 0 Å². The molecule has 1 nitrogen and oxygen atoms in total. The molecule has 0 aliphatic rings. The molecule has 0 aliphatic heterocycles. The lowest BCUT2D eigenvalue weighted by molar-refractivity contribution is 0.532. The second-order valence-corrected chi connectivity index (χ2v) is 8.25. The van der Waals surface area contributed by atoms with Crippen molar-refractivity contribution in [3.8, 4) is 0 Å². The molecule has 0 fully saturated rings. The van der Waals surface area contributed by atoms with Gasteiger partial charge in [-0.05, 0) is 48.9 Å². The summed E-state index contributed by atoms with van der Waals surface area (Å²) in [5.74, 6) is 0. The van der Waals surface area contributed by atoms with E-state index < -0.39 is 0 Å².